The first-order valence-electron chi connectivity index (χ1n) is 14.3. The molecule has 0 saturated carbocycles. The molecule has 1 unspecified atom stereocenters. The number of nitrogens with zero attached hydrogens (tertiary/aromatic N) is 3. The summed E-state index contributed by atoms with van der Waals surface area (Å²) in [6, 6.07) is 0. The number of unbranched alkanes of at least 4 members (excludes halogenated alkanes) is 6. The SMILES string of the molecule is CCCCCCC(CCCCCC)OP(=O)(N(C)C)N1CCN(C(=O)OCCOCCOCCO)CC1. The van der Waals surface area contributed by atoms with E-state index < -0.39 is 7.67 Å². The van der Waals surface area contributed by atoms with Crippen molar-refractivity contribution in [1.29, 1.82) is 0 Å². The number of aliphatic hydroxyl groups is 1. The average Bonchev–Trinajstić information content (AvgIpc) is 2.90. The maximum absolute atomic E-state index is 14.1. The second-order valence-corrected chi connectivity index (χ2v) is 12.3. The summed E-state index contributed by atoms with van der Waals surface area (Å²) < 4.78 is 40.0. The molecule has 1 fully saturated rings. The Labute approximate surface area is 225 Å². The van der Waals surface area contributed by atoms with Crippen molar-refractivity contribution in [3.05, 3.63) is 0 Å². The number of amides is 1. The molecule has 1 amide bonds. The number of carbonyl (C=O) groups excluding carboxylic acids is 1. The predicted octanol–water partition coefficient (Wildman–Crippen LogP) is 4.76. The second kappa shape index (κ2) is 21.1. The lowest BCUT2D eigenvalue weighted by Crippen LogP contribution is -2.49. The van der Waals surface area contributed by atoms with Crippen LogP contribution >= 0.6 is 7.67 Å². The standard InChI is InChI=1S/C26H54N3O7P/c1-5-7-9-11-13-25(14-12-10-8-6-2)36-37(32,27(3)4)29-17-15-28(16-18-29)26(31)35-24-23-34-22-21-33-20-19-30/h25,30H,5-24H2,1-4H3. The molecule has 0 aromatic carbocycles. The molecule has 0 radical (unpaired) electrons. The number of ether oxygens (including phenoxy) is 3. The zero-order valence-electron chi connectivity index (χ0n) is 23.9. The Balaban J connectivity index is 2.53. The maximum atomic E-state index is 14.1. The molecule has 220 valence electrons. The van der Waals surface area contributed by atoms with Gasteiger partial charge in [0.1, 0.15) is 6.61 Å². The summed E-state index contributed by atoms with van der Waals surface area (Å²) in [4.78, 5) is 14.1. The third-order valence-corrected chi connectivity index (χ3v) is 9.18. The summed E-state index contributed by atoms with van der Waals surface area (Å²) in [6.07, 6.45) is 10.9. The Hall–Kier alpha value is -0.740. The number of hydrogen-bond donors (Lipinski definition) is 1. The van der Waals surface area contributed by atoms with E-state index in [9.17, 15) is 9.36 Å². The van der Waals surface area contributed by atoms with Gasteiger partial charge in [0.2, 0.25) is 0 Å². The van der Waals surface area contributed by atoms with E-state index in [1.165, 1.54) is 38.5 Å². The molecule has 0 aliphatic carbocycles. The van der Waals surface area contributed by atoms with Crippen LogP contribution in [0.3, 0.4) is 0 Å². The van der Waals surface area contributed by atoms with E-state index in [0.717, 1.165) is 25.7 Å². The summed E-state index contributed by atoms with van der Waals surface area (Å²) >= 11 is 0. The van der Waals surface area contributed by atoms with Crippen molar-refractivity contribution in [3.8, 4) is 0 Å². The fourth-order valence-electron chi connectivity index (χ4n) is 4.25. The fourth-order valence-corrected chi connectivity index (χ4v) is 6.36. The van der Waals surface area contributed by atoms with Crippen molar-refractivity contribution >= 4 is 13.8 Å². The predicted molar refractivity (Wildman–Crippen MR) is 147 cm³/mol. The first kappa shape index (κ1) is 34.3. The third-order valence-electron chi connectivity index (χ3n) is 6.48. The minimum atomic E-state index is -3.19. The molecule has 1 aliphatic rings. The first-order chi connectivity index (χ1) is 17.9. The Morgan fingerprint density at radius 2 is 1.38 bits per heavy atom. The summed E-state index contributed by atoms with van der Waals surface area (Å²) in [5.41, 5.74) is 0. The lowest BCUT2D eigenvalue weighted by molar-refractivity contribution is 0.0125. The molecular weight excluding hydrogens is 497 g/mol. The Kier molecular flexibility index (Phi) is 19.6. The molecule has 11 heteroatoms. The van der Waals surface area contributed by atoms with Gasteiger partial charge in [-0.15, -0.1) is 0 Å². The van der Waals surface area contributed by atoms with E-state index in [-0.39, 0.29) is 38.6 Å². The van der Waals surface area contributed by atoms with Crippen LogP contribution in [0.5, 0.6) is 0 Å². The molecule has 10 nitrogen and oxygen atoms in total. The van der Waals surface area contributed by atoms with E-state index in [2.05, 4.69) is 13.8 Å². The van der Waals surface area contributed by atoms with Crippen LogP contribution < -0.4 is 0 Å². The number of piperazine rings is 1. The minimum Gasteiger partial charge on any atom is -0.447 e. The lowest BCUT2D eigenvalue weighted by Gasteiger charge is -2.41. The average molecular weight is 552 g/mol. The van der Waals surface area contributed by atoms with Crippen molar-refractivity contribution in [1.82, 2.24) is 14.2 Å². The van der Waals surface area contributed by atoms with Crippen molar-refractivity contribution in [2.24, 2.45) is 0 Å². The Morgan fingerprint density at radius 1 is 0.838 bits per heavy atom. The van der Waals surface area contributed by atoms with Gasteiger partial charge < -0.3 is 28.7 Å². The molecule has 0 bridgehead atoms. The summed E-state index contributed by atoms with van der Waals surface area (Å²) in [5, 5.41) is 8.66. The summed E-state index contributed by atoms with van der Waals surface area (Å²) in [5.74, 6) is 0. The van der Waals surface area contributed by atoms with E-state index in [4.69, 9.17) is 23.8 Å². The molecule has 0 aromatic rings. The van der Waals surface area contributed by atoms with Crippen LogP contribution in [0.1, 0.15) is 78.1 Å². The van der Waals surface area contributed by atoms with Crippen molar-refractivity contribution < 1.29 is 33.2 Å². The molecule has 37 heavy (non-hydrogen) atoms. The number of rotatable bonds is 22. The van der Waals surface area contributed by atoms with Crippen LogP contribution in [0.25, 0.3) is 0 Å². The first-order valence-corrected chi connectivity index (χ1v) is 15.8. The quantitative estimate of drug-likeness (QED) is 0.151. The van der Waals surface area contributed by atoms with Crippen LogP contribution in [0, 0.1) is 0 Å². The van der Waals surface area contributed by atoms with Gasteiger partial charge in [-0.3, -0.25) is 4.57 Å². The van der Waals surface area contributed by atoms with Gasteiger partial charge in [-0.2, -0.15) is 0 Å². The molecule has 0 aromatic heterocycles. The maximum Gasteiger partial charge on any atom is 0.409 e. The number of aliphatic hydroxyl groups excluding tert-OH is 1. The van der Waals surface area contributed by atoms with Crippen LogP contribution in [0.4, 0.5) is 4.79 Å². The van der Waals surface area contributed by atoms with Gasteiger partial charge in [0, 0.05) is 26.2 Å². The van der Waals surface area contributed by atoms with E-state index in [1.54, 1.807) is 9.57 Å². The number of hydrogen-bond acceptors (Lipinski definition) is 7. The summed E-state index contributed by atoms with van der Waals surface area (Å²) in [6.45, 7) is 7.74. The minimum absolute atomic E-state index is 0.0142. The third kappa shape index (κ3) is 14.3. The van der Waals surface area contributed by atoms with Gasteiger partial charge in [0.05, 0.1) is 39.1 Å². The van der Waals surface area contributed by atoms with Crippen LogP contribution in [-0.2, 0) is 23.3 Å². The smallest absolute Gasteiger partial charge is 0.409 e. The normalized spacial score (nSPS) is 16.5. The van der Waals surface area contributed by atoms with Gasteiger partial charge in [0.25, 0.3) is 0 Å². The van der Waals surface area contributed by atoms with E-state index in [1.807, 2.05) is 18.8 Å². The monoisotopic (exact) mass is 551 g/mol. The molecule has 0 spiro atoms. The zero-order valence-corrected chi connectivity index (χ0v) is 24.8. The molecule has 1 atom stereocenters. The highest BCUT2D eigenvalue weighted by atomic mass is 31.2. The number of carbonyl (C=O) groups is 1. The van der Waals surface area contributed by atoms with Crippen molar-refractivity contribution in [2.75, 3.05) is 79.9 Å². The highest BCUT2D eigenvalue weighted by Crippen LogP contribution is 2.54. The molecule has 1 saturated heterocycles. The van der Waals surface area contributed by atoms with Crippen molar-refractivity contribution in [3.63, 3.8) is 0 Å². The molecule has 1 N–H and O–H groups in total. The molecular formula is C26H54N3O7P. The largest absolute Gasteiger partial charge is 0.447 e. The lowest BCUT2D eigenvalue weighted by atomic mass is 10.0. The Morgan fingerprint density at radius 3 is 1.89 bits per heavy atom. The molecule has 1 heterocycles. The molecule has 1 aliphatic heterocycles. The Bertz CT molecular complexity index is 607. The van der Waals surface area contributed by atoms with Crippen molar-refractivity contribution in [2.45, 2.75) is 84.2 Å². The van der Waals surface area contributed by atoms with Gasteiger partial charge in [-0.05, 0) is 26.9 Å². The zero-order chi connectivity index (χ0) is 27.4. The topological polar surface area (TPSA) is 101 Å². The van der Waals surface area contributed by atoms with Gasteiger partial charge in [0.15, 0.2) is 0 Å². The van der Waals surface area contributed by atoms with E-state index in [0.29, 0.717) is 39.4 Å². The van der Waals surface area contributed by atoms with Crippen LogP contribution in [0.15, 0.2) is 0 Å². The second-order valence-electron chi connectivity index (χ2n) is 9.77. The van der Waals surface area contributed by atoms with Gasteiger partial charge >= 0.3 is 13.8 Å². The van der Waals surface area contributed by atoms with Gasteiger partial charge in [-0.25, -0.2) is 14.1 Å². The van der Waals surface area contributed by atoms with Crippen LogP contribution in [0.2, 0.25) is 0 Å². The van der Waals surface area contributed by atoms with Gasteiger partial charge in [-0.1, -0.05) is 65.2 Å². The van der Waals surface area contributed by atoms with E-state index >= 15 is 0 Å². The van der Waals surface area contributed by atoms with Crippen LogP contribution in [-0.4, -0.2) is 111 Å². The molecule has 1 rings (SSSR count). The highest BCUT2D eigenvalue weighted by molar-refractivity contribution is 7.53. The highest BCUT2D eigenvalue weighted by Gasteiger charge is 2.39. The summed E-state index contributed by atoms with van der Waals surface area (Å²) in [7, 11) is 0.449. The fraction of sp³-hybridized carbons (Fsp3) is 0.962.